The van der Waals surface area contributed by atoms with E-state index >= 15 is 0 Å². The maximum atomic E-state index is 4.94. The Hall–Kier alpha value is -5.26. The molecule has 0 unspecified atom stereocenters. The fraction of sp³-hybridized carbons (Fsp3) is 0.0889. The van der Waals surface area contributed by atoms with Crippen LogP contribution in [-0.4, -0.2) is 29.6 Å². The molecule has 5 nitrogen and oxygen atoms in total. The molecule has 1 aliphatic rings. The normalized spacial score (nSPS) is 12.8. The quantitative estimate of drug-likeness (QED) is 0.0714. The van der Waals surface area contributed by atoms with Crippen molar-refractivity contribution in [3.8, 4) is 5.82 Å². The van der Waals surface area contributed by atoms with Gasteiger partial charge in [0.15, 0.2) is 0 Å². The number of hydroxylamine groups is 1. The number of nitrogens with zero attached hydrogens (tertiary/aromatic N) is 4. The molecule has 1 aliphatic heterocycles. The van der Waals surface area contributed by atoms with Gasteiger partial charge in [-0.2, -0.15) is 51.7 Å². The van der Waals surface area contributed by atoms with Crippen LogP contribution in [0.25, 0.3) is 27.6 Å². The van der Waals surface area contributed by atoms with Crippen LogP contribution in [0.5, 0.6) is 0 Å². The Morgan fingerprint density at radius 3 is 2.02 bits per heavy atom. The van der Waals surface area contributed by atoms with Gasteiger partial charge >= 0.3 is 0 Å². The molecule has 1 N–H and O–H groups in total. The average Bonchev–Trinajstić information content (AvgIpc) is 3.70. The van der Waals surface area contributed by atoms with E-state index in [1.807, 2.05) is 23.4 Å². The molecule has 0 atom stereocenters. The zero-order chi connectivity index (χ0) is 34.5. The minimum Gasteiger partial charge on any atom is -0.319 e. The molecule has 0 amide bonds. The van der Waals surface area contributed by atoms with Crippen molar-refractivity contribution in [1.82, 2.24) is 9.55 Å². The smallest absolute Gasteiger partial charge is 0.145 e. The van der Waals surface area contributed by atoms with Crippen LogP contribution in [0.15, 0.2) is 158 Å². The van der Waals surface area contributed by atoms with Crippen molar-refractivity contribution in [1.29, 1.82) is 0 Å². The van der Waals surface area contributed by atoms with E-state index in [1.165, 1.54) is 21.3 Å². The van der Waals surface area contributed by atoms with Crippen LogP contribution in [0, 0.1) is 12.1 Å². The molecular formula is C45H37N4OPtSi-. The Balaban J connectivity index is 0.00000387. The summed E-state index contributed by atoms with van der Waals surface area (Å²) in [4.78, 5) is 9.87. The maximum Gasteiger partial charge on any atom is 0.145 e. The van der Waals surface area contributed by atoms with Crippen molar-refractivity contribution >= 4 is 67.7 Å². The zero-order valence-electron chi connectivity index (χ0n) is 29.1. The number of anilines is 3. The van der Waals surface area contributed by atoms with Gasteiger partial charge in [0.1, 0.15) is 25.3 Å². The summed E-state index contributed by atoms with van der Waals surface area (Å²) in [5.74, 6) is 1.28. The van der Waals surface area contributed by atoms with Gasteiger partial charge in [0.2, 0.25) is 0 Å². The third kappa shape index (κ3) is 5.41. The van der Waals surface area contributed by atoms with E-state index in [0.29, 0.717) is 5.92 Å². The molecule has 0 saturated heterocycles. The monoisotopic (exact) mass is 872 g/mol. The number of rotatable bonds is 7. The van der Waals surface area contributed by atoms with E-state index in [9.17, 15) is 0 Å². The SMILES string of the molecule is CC(C)c1ccnc(-n2c3[c-]c([Si](c4[c-]c(N5[OH+]N(C)c6ccccc65)ccc4)(c4ccccc4)c4ccccc4)ccc3c3ccccc32)c1.[Pt]. The second-order valence-corrected chi connectivity index (χ2v) is 17.2. The number of hydrogen-bond donors (Lipinski definition) is 0. The van der Waals surface area contributed by atoms with E-state index in [2.05, 4.69) is 182 Å². The topological polar surface area (TPSA) is 37.1 Å². The number of benzene rings is 6. The number of pyridine rings is 1. The Morgan fingerprint density at radius 2 is 1.29 bits per heavy atom. The average molecular weight is 873 g/mol. The number of aromatic nitrogens is 2. The summed E-state index contributed by atoms with van der Waals surface area (Å²) < 4.78 is 2.30. The van der Waals surface area contributed by atoms with Gasteiger partial charge in [-0.25, -0.2) is 4.98 Å². The van der Waals surface area contributed by atoms with Crippen molar-refractivity contribution in [3.63, 3.8) is 0 Å². The van der Waals surface area contributed by atoms with Crippen LogP contribution in [0.1, 0.15) is 25.3 Å². The molecule has 0 aliphatic carbocycles. The molecule has 0 fully saturated rings. The van der Waals surface area contributed by atoms with Gasteiger partial charge in [0.05, 0.1) is 7.05 Å². The van der Waals surface area contributed by atoms with Gasteiger partial charge in [-0.3, -0.25) is 0 Å². The van der Waals surface area contributed by atoms with Gasteiger partial charge in [0.25, 0.3) is 0 Å². The number of para-hydroxylation sites is 3. The van der Waals surface area contributed by atoms with Crippen LogP contribution < -0.4 is 30.9 Å². The van der Waals surface area contributed by atoms with Crippen LogP contribution in [0.3, 0.4) is 0 Å². The Kier molecular flexibility index (Phi) is 8.92. The molecule has 52 heavy (non-hydrogen) atoms. The molecule has 0 spiro atoms. The third-order valence-electron chi connectivity index (χ3n) is 10.2. The minimum absolute atomic E-state index is 0. The summed E-state index contributed by atoms with van der Waals surface area (Å²) >= 11 is 0. The molecular weight excluding hydrogens is 836 g/mol. The van der Waals surface area contributed by atoms with E-state index in [-0.39, 0.29) is 21.1 Å². The summed E-state index contributed by atoms with van der Waals surface area (Å²) in [6, 6.07) is 62.4. The molecule has 0 bridgehead atoms. The molecule has 7 heteroatoms. The van der Waals surface area contributed by atoms with Crippen LogP contribution in [-0.2, 0) is 21.1 Å². The van der Waals surface area contributed by atoms with Crippen molar-refractivity contribution in [3.05, 3.63) is 176 Å². The van der Waals surface area contributed by atoms with Crippen molar-refractivity contribution in [2.24, 2.45) is 0 Å². The third-order valence-corrected chi connectivity index (χ3v) is 14.8. The molecule has 258 valence electrons. The van der Waals surface area contributed by atoms with Crippen LogP contribution in [0.4, 0.5) is 17.1 Å². The van der Waals surface area contributed by atoms with Crippen molar-refractivity contribution in [2.45, 2.75) is 19.8 Å². The van der Waals surface area contributed by atoms with Crippen LogP contribution in [0.2, 0.25) is 0 Å². The molecule has 9 rings (SSSR count). The van der Waals surface area contributed by atoms with Gasteiger partial charge in [-0.1, -0.05) is 110 Å². The fourth-order valence-electron chi connectivity index (χ4n) is 7.70. The predicted octanol–water partition coefficient (Wildman–Crippen LogP) is 7.71. The second-order valence-electron chi connectivity index (χ2n) is 13.4. The Morgan fingerprint density at radius 1 is 0.635 bits per heavy atom. The summed E-state index contributed by atoms with van der Waals surface area (Å²) in [5.41, 5.74) is 6.39. The van der Waals surface area contributed by atoms with Crippen molar-refractivity contribution < 1.29 is 26.0 Å². The summed E-state index contributed by atoms with van der Waals surface area (Å²) in [7, 11) is -1.05. The van der Waals surface area contributed by atoms with Gasteiger partial charge < -0.3 is 4.57 Å². The van der Waals surface area contributed by atoms with Gasteiger partial charge in [0, 0.05) is 38.5 Å². The van der Waals surface area contributed by atoms with E-state index in [0.717, 1.165) is 49.7 Å². The molecule has 0 saturated carbocycles. The van der Waals surface area contributed by atoms with Gasteiger partial charge in [-0.05, 0) is 57.6 Å². The maximum absolute atomic E-state index is 4.94. The largest absolute Gasteiger partial charge is 0.319 e. The first-order valence-electron chi connectivity index (χ1n) is 17.4. The summed E-state index contributed by atoms with van der Waals surface area (Å²) in [6.07, 6.45) is 1.93. The molecule has 6 aromatic carbocycles. The first kappa shape index (κ1) is 33.9. The summed E-state index contributed by atoms with van der Waals surface area (Å²) in [5, 5.41) is 11.1. The van der Waals surface area contributed by atoms with Gasteiger partial charge in [-0.15, -0.1) is 21.6 Å². The first-order valence-corrected chi connectivity index (χ1v) is 19.4. The number of fused-ring (bicyclic) bond motifs is 4. The Labute approximate surface area is 319 Å². The Bertz CT molecular complexity index is 2500. The van der Waals surface area contributed by atoms with E-state index < -0.39 is 8.07 Å². The summed E-state index contributed by atoms with van der Waals surface area (Å²) in [6.45, 7) is 4.46. The zero-order valence-corrected chi connectivity index (χ0v) is 32.4. The van der Waals surface area contributed by atoms with Crippen molar-refractivity contribution in [2.75, 3.05) is 17.2 Å². The first-order chi connectivity index (χ1) is 25.0. The molecule has 0 radical (unpaired) electrons. The second kappa shape index (κ2) is 13.7. The standard InChI is InChI=1S/C45H36N4OSi.Pt/c1-32(2)33-27-28-46-45(29-33)48-41-22-11-10-21-39(41)40-26-25-38(31-44(40)48)51(35-16-6-4-7-17-35,36-18-8-5-9-19-36)37-20-14-15-34(30-37)49-43-24-13-12-23-42(43)47(3)50-49;/h4-29,32H,1-3H3;/q-2;/p+1. The van der Waals surface area contributed by atoms with Crippen LogP contribution >= 0.6 is 0 Å². The molecule has 3 heterocycles. The number of hydrogen-bond acceptors (Lipinski definition) is 3. The predicted molar refractivity (Wildman–Crippen MR) is 213 cm³/mol. The van der Waals surface area contributed by atoms with E-state index in [1.54, 1.807) is 0 Å². The fourth-order valence-corrected chi connectivity index (χ4v) is 12.3. The van der Waals surface area contributed by atoms with E-state index in [4.69, 9.17) is 9.92 Å². The molecule has 2 aromatic heterocycles. The molecule has 8 aromatic rings. The minimum atomic E-state index is -3.04.